The fourth-order valence-electron chi connectivity index (χ4n) is 3.55. The van der Waals surface area contributed by atoms with Crippen LogP contribution in [-0.4, -0.2) is 61.8 Å². The second kappa shape index (κ2) is 9.57. The highest BCUT2D eigenvalue weighted by Gasteiger charge is 2.29. The molecule has 6 nitrogen and oxygen atoms in total. The van der Waals surface area contributed by atoms with Crippen molar-refractivity contribution < 1.29 is 13.2 Å². The van der Waals surface area contributed by atoms with Gasteiger partial charge in [0.2, 0.25) is 10.0 Å². The molecular formula is C20H32ClN3O3S. The molecule has 0 radical (unpaired) electrons. The maximum absolute atomic E-state index is 12.8. The second-order valence-corrected chi connectivity index (χ2v) is 10.1. The van der Waals surface area contributed by atoms with E-state index in [9.17, 15) is 13.2 Å². The van der Waals surface area contributed by atoms with Crippen molar-refractivity contribution in [3.8, 4) is 0 Å². The van der Waals surface area contributed by atoms with Gasteiger partial charge in [-0.3, -0.25) is 9.69 Å². The van der Waals surface area contributed by atoms with Crippen molar-refractivity contribution in [1.29, 1.82) is 0 Å². The number of hydrogen-bond acceptors (Lipinski definition) is 4. The Morgan fingerprint density at radius 1 is 1.18 bits per heavy atom. The molecule has 0 spiro atoms. The third-order valence-corrected chi connectivity index (χ3v) is 7.94. The monoisotopic (exact) mass is 429 g/mol. The molecule has 0 atom stereocenters. The summed E-state index contributed by atoms with van der Waals surface area (Å²) in [5.41, 5.74) is 0.142. The molecule has 1 heterocycles. The molecule has 2 rings (SSSR count). The Labute approximate surface area is 174 Å². The molecule has 1 N–H and O–H groups in total. The molecule has 0 bridgehead atoms. The van der Waals surface area contributed by atoms with E-state index in [1.807, 2.05) is 0 Å². The van der Waals surface area contributed by atoms with Gasteiger partial charge in [-0.05, 0) is 58.0 Å². The van der Waals surface area contributed by atoms with E-state index in [-0.39, 0.29) is 21.4 Å². The van der Waals surface area contributed by atoms with E-state index in [0.717, 1.165) is 13.1 Å². The van der Waals surface area contributed by atoms with Gasteiger partial charge in [0, 0.05) is 30.7 Å². The van der Waals surface area contributed by atoms with Crippen LogP contribution >= 0.6 is 11.6 Å². The van der Waals surface area contributed by atoms with Gasteiger partial charge in [-0.15, -0.1) is 0 Å². The smallest absolute Gasteiger partial charge is 0.251 e. The van der Waals surface area contributed by atoms with Gasteiger partial charge in [0.25, 0.3) is 5.91 Å². The lowest BCUT2D eigenvalue weighted by Gasteiger charge is -2.41. The molecule has 8 heteroatoms. The zero-order valence-electron chi connectivity index (χ0n) is 17.3. The lowest BCUT2D eigenvalue weighted by Crippen LogP contribution is -2.53. The van der Waals surface area contributed by atoms with Gasteiger partial charge in [0.15, 0.2) is 0 Å². The Kier molecular flexibility index (Phi) is 7.90. The van der Waals surface area contributed by atoms with Crippen molar-refractivity contribution in [3.63, 3.8) is 0 Å². The number of likely N-dealkylation sites (tertiary alicyclic amines) is 1. The first-order valence-electron chi connectivity index (χ1n) is 9.96. The van der Waals surface area contributed by atoms with Crippen LogP contribution in [0.25, 0.3) is 0 Å². The van der Waals surface area contributed by atoms with Crippen molar-refractivity contribution >= 4 is 27.5 Å². The SMILES string of the molecule is CCN(CC)S(=O)(=O)c1cc(C(=O)NCC(C)(C)N2CCCCC2)ccc1Cl. The highest BCUT2D eigenvalue weighted by molar-refractivity contribution is 7.89. The number of hydrogen-bond donors (Lipinski definition) is 1. The van der Waals surface area contributed by atoms with E-state index in [1.165, 1.54) is 35.7 Å². The van der Waals surface area contributed by atoms with E-state index < -0.39 is 10.0 Å². The standard InChI is InChI=1S/C20H32ClN3O3S/c1-5-24(6-2)28(26,27)18-14-16(10-11-17(18)21)19(25)22-15-20(3,4)23-12-8-7-9-13-23/h10-11,14H,5-9,12-13,15H2,1-4H3,(H,22,25). The third kappa shape index (κ3) is 5.26. The second-order valence-electron chi connectivity index (χ2n) is 7.78. The summed E-state index contributed by atoms with van der Waals surface area (Å²) in [5, 5.41) is 3.08. The van der Waals surface area contributed by atoms with E-state index in [4.69, 9.17) is 11.6 Å². The molecule has 158 valence electrons. The highest BCUT2D eigenvalue weighted by Crippen LogP contribution is 2.26. The summed E-state index contributed by atoms with van der Waals surface area (Å²) < 4.78 is 27.0. The van der Waals surface area contributed by atoms with Crippen molar-refractivity contribution in [2.75, 3.05) is 32.7 Å². The number of nitrogens with one attached hydrogen (secondary N) is 1. The molecule has 1 aliphatic heterocycles. The predicted octanol–water partition coefficient (Wildman–Crippen LogP) is 3.36. The number of amides is 1. The van der Waals surface area contributed by atoms with Crippen LogP contribution in [0.5, 0.6) is 0 Å². The van der Waals surface area contributed by atoms with Crippen molar-refractivity contribution in [2.24, 2.45) is 0 Å². The topological polar surface area (TPSA) is 69.7 Å². The number of carbonyl (C=O) groups excluding carboxylic acids is 1. The zero-order valence-corrected chi connectivity index (χ0v) is 18.9. The molecule has 1 saturated heterocycles. The van der Waals surface area contributed by atoms with Crippen LogP contribution in [0.4, 0.5) is 0 Å². The van der Waals surface area contributed by atoms with Gasteiger partial charge < -0.3 is 5.32 Å². The Morgan fingerprint density at radius 2 is 1.79 bits per heavy atom. The third-order valence-electron chi connectivity index (χ3n) is 5.41. The molecule has 1 fully saturated rings. The average molecular weight is 430 g/mol. The van der Waals surface area contributed by atoms with Crippen LogP contribution in [0.3, 0.4) is 0 Å². The normalized spacial score (nSPS) is 16.4. The van der Waals surface area contributed by atoms with Gasteiger partial charge in [0.05, 0.1) is 5.02 Å². The molecule has 1 aromatic rings. The lowest BCUT2D eigenvalue weighted by atomic mass is 9.98. The van der Waals surface area contributed by atoms with Crippen LogP contribution in [0, 0.1) is 0 Å². The molecule has 0 unspecified atom stereocenters. The van der Waals surface area contributed by atoms with Crippen LogP contribution in [0.15, 0.2) is 23.1 Å². The van der Waals surface area contributed by atoms with Crippen LogP contribution in [-0.2, 0) is 10.0 Å². The summed E-state index contributed by atoms with van der Waals surface area (Å²) in [6.45, 7) is 11.0. The fourth-order valence-corrected chi connectivity index (χ4v) is 5.51. The van der Waals surface area contributed by atoms with Crippen molar-refractivity contribution in [2.45, 2.75) is 57.4 Å². The van der Waals surface area contributed by atoms with Crippen LogP contribution < -0.4 is 5.32 Å². The van der Waals surface area contributed by atoms with E-state index in [2.05, 4.69) is 24.1 Å². The van der Waals surface area contributed by atoms with Crippen molar-refractivity contribution in [3.05, 3.63) is 28.8 Å². The first-order chi connectivity index (χ1) is 13.1. The van der Waals surface area contributed by atoms with Gasteiger partial charge in [-0.2, -0.15) is 4.31 Å². The van der Waals surface area contributed by atoms with Gasteiger partial charge in [-0.25, -0.2) is 8.42 Å². The molecule has 0 aromatic heterocycles. The summed E-state index contributed by atoms with van der Waals surface area (Å²) in [6.07, 6.45) is 3.62. The minimum atomic E-state index is -3.74. The van der Waals surface area contributed by atoms with E-state index in [0.29, 0.717) is 25.2 Å². The van der Waals surface area contributed by atoms with Gasteiger partial charge >= 0.3 is 0 Å². The average Bonchev–Trinajstić information content (AvgIpc) is 2.68. The molecule has 1 amide bonds. The maximum atomic E-state index is 12.8. The largest absolute Gasteiger partial charge is 0.350 e. The Hall–Kier alpha value is -1.15. The van der Waals surface area contributed by atoms with Gasteiger partial charge in [-0.1, -0.05) is 31.9 Å². The summed E-state index contributed by atoms with van der Waals surface area (Å²) >= 11 is 6.15. The number of piperidine rings is 1. The summed E-state index contributed by atoms with van der Waals surface area (Å²) in [4.78, 5) is 15.1. The minimum absolute atomic E-state index is 0.0270. The molecule has 0 saturated carbocycles. The predicted molar refractivity (Wildman–Crippen MR) is 113 cm³/mol. The Morgan fingerprint density at radius 3 is 2.36 bits per heavy atom. The number of rotatable bonds is 8. The molecule has 28 heavy (non-hydrogen) atoms. The summed E-state index contributed by atoms with van der Waals surface area (Å²) in [7, 11) is -3.74. The van der Waals surface area contributed by atoms with Crippen molar-refractivity contribution in [1.82, 2.24) is 14.5 Å². The number of benzene rings is 1. The summed E-state index contributed by atoms with van der Waals surface area (Å²) in [6, 6.07) is 4.41. The Bertz CT molecular complexity index is 786. The number of halogens is 1. The fraction of sp³-hybridized carbons (Fsp3) is 0.650. The molecule has 0 aliphatic carbocycles. The highest BCUT2D eigenvalue weighted by atomic mass is 35.5. The molecule has 1 aliphatic rings. The van der Waals surface area contributed by atoms with E-state index in [1.54, 1.807) is 19.9 Å². The minimum Gasteiger partial charge on any atom is -0.350 e. The summed E-state index contributed by atoms with van der Waals surface area (Å²) in [5.74, 6) is -0.294. The van der Waals surface area contributed by atoms with Crippen LogP contribution in [0.1, 0.15) is 57.3 Å². The number of sulfonamides is 1. The van der Waals surface area contributed by atoms with E-state index >= 15 is 0 Å². The molecule has 1 aromatic carbocycles. The zero-order chi connectivity index (χ0) is 20.9. The van der Waals surface area contributed by atoms with Gasteiger partial charge in [0.1, 0.15) is 4.90 Å². The first kappa shape index (κ1) is 23.1. The first-order valence-corrected chi connectivity index (χ1v) is 11.8. The number of nitrogens with zero attached hydrogens (tertiary/aromatic N) is 2. The number of carbonyl (C=O) groups is 1. The molecular weight excluding hydrogens is 398 g/mol. The quantitative estimate of drug-likeness (QED) is 0.687. The maximum Gasteiger partial charge on any atom is 0.251 e. The lowest BCUT2D eigenvalue weighted by molar-refractivity contribution is 0.0797. The Balaban J connectivity index is 2.16. The van der Waals surface area contributed by atoms with Crippen LogP contribution in [0.2, 0.25) is 5.02 Å².